The molecule has 114 valence electrons. The standard InChI is InChI=1S/C17H24N2O2/c1-11(2)21-16-7-5-14(6-8-16)13(4)19-17(20)12(3)15-9-18-10-15/h5-8,11,13,18H,9-10H2,1-4H3,(H,19,20). The molecule has 0 aliphatic carbocycles. The maximum Gasteiger partial charge on any atom is 0.247 e. The van der Waals surface area contributed by atoms with E-state index in [1.807, 2.05) is 52.0 Å². The van der Waals surface area contributed by atoms with Crippen LogP contribution in [-0.4, -0.2) is 25.1 Å². The van der Waals surface area contributed by atoms with Crippen molar-refractivity contribution in [2.24, 2.45) is 0 Å². The minimum atomic E-state index is -0.0193. The van der Waals surface area contributed by atoms with Gasteiger partial charge in [0.05, 0.1) is 12.1 Å². The number of amides is 1. The minimum Gasteiger partial charge on any atom is -0.491 e. The van der Waals surface area contributed by atoms with E-state index in [9.17, 15) is 4.79 Å². The zero-order valence-corrected chi connectivity index (χ0v) is 13.2. The SMILES string of the molecule is CC(C(=O)NC(C)c1ccc(OC(C)C)cc1)=C1CNC1. The highest BCUT2D eigenvalue weighted by Crippen LogP contribution is 2.19. The zero-order valence-electron chi connectivity index (χ0n) is 13.2. The largest absolute Gasteiger partial charge is 0.491 e. The van der Waals surface area contributed by atoms with Crippen molar-refractivity contribution in [2.75, 3.05) is 13.1 Å². The molecule has 2 rings (SSSR count). The monoisotopic (exact) mass is 288 g/mol. The van der Waals surface area contributed by atoms with Gasteiger partial charge in [-0.3, -0.25) is 4.79 Å². The van der Waals surface area contributed by atoms with Crippen molar-refractivity contribution in [2.45, 2.75) is 39.8 Å². The molecule has 0 radical (unpaired) electrons. The van der Waals surface area contributed by atoms with Crippen LogP contribution in [0.15, 0.2) is 35.4 Å². The third-order valence-corrected chi connectivity index (χ3v) is 3.65. The van der Waals surface area contributed by atoms with Crippen molar-refractivity contribution in [3.8, 4) is 5.75 Å². The smallest absolute Gasteiger partial charge is 0.247 e. The molecule has 1 saturated heterocycles. The molecule has 1 atom stereocenters. The lowest BCUT2D eigenvalue weighted by molar-refractivity contribution is -0.118. The number of rotatable bonds is 5. The average molecular weight is 288 g/mol. The summed E-state index contributed by atoms with van der Waals surface area (Å²) >= 11 is 0. The van der Waals surface area contributed by atoms with Gasteiger partial charge in [-0.15, -0.1) is 0 Å². The maximum absolute atomic E-state index is 12.2. The van der Waals surface area contributed by atoms with Crippen LogP contribution >= 0.6 is 0 Å². The van der Waals surface area contributed by atoms with Crippen LogP contribution in [0.3, 0.4) is 0 Å². The van der Waals surface area contributed by atoms with E-state index in [4.69, 9.17) is 4.74 Å². The Labute approximate surface area is 126 Å². The summed E-state index contributed by atoms with van der Waals surface area (Å²) in [7, 11) is 0. The van der Waals surface area contributed by atoms with E-state index in [0.29, 0.717) is 0 Å². The zero-order chi connectivity index (χ0) is 15.4. The molecular weight excluding hydrogens is 264 g/mol. The van der Waals surface area contributed by atoms with Crippen LogP contribution < -0.4 is 15.4 Å². The first kappa shape index (κ1) is 15.6. The number of nitrogens with one attached hydrogen (secondary N) is 2. The topological polar surface area (TPSA) is 50.4 Å². The lowest BCUT2D eigenvalue weighted by atomic mass is 10.0. The fourth-order valence-corrected chi connectivity index (χ4v) is 2.17. The Hall–Kier alpha value is -1.81. The van der Waals surface area contributed by atoms with Gasteiger partial charge in [-0.25, -0.2) is 0 Å². The van der Waals surface area contributed by atoms with Crippen LogP contribution in [0.4, 0.5) is 0 Å². The number of hydrogen-bond acceptors (Lipinski definition) is 3. The lowest BCUT2D eigenvalue weighted by Crippen LogP contribution is -2.38. The Balaban J connectivity index is 1.96. The van der Waals surface area contributed by atoms with Crippen LogP contribution in [0.25, 0.3) is 0 Å². The molecule has 0 saturated carbocycles. The number of hydrogen-bond donors (Lipinski definition) is 2. The molecule has 1 fully saturated rings. The Morgan fingerprint density at radius 1 is 1.19 bits per heavy atom. The normalized spacial score (nSPS) is 15.4. The summed E-state index contributed by atoms with van der Waals surface area (Å²) in [4.78, 5) is 12.2. The number of ether oxygens (including phenoxy) is 1. The van der Waals surface area contributed by atoms with Gasteiger partial charge < -0.3 is 15.4 Å². The summed E-state index contributed by atoms with van der Waals surface area (Å²) in [6.45, 7) is 9.54. The maximum atomic E-state index is 12.2. The molecule has 4 heteroatoms. The third kappa shape index (κ3) is 4.08. The first-order valence-electron chi connectivity index (χ1n) is 7.44. The summed E-state index contributed by atoms with van der Waals surface area (Å²) in [6.07, 6.45) is 0.165. The number of carbonyl (C=O) groups is 1. The van der Waals surface area contributed by atoms with Crippen molar-refractivity contribution in [1.82, 2.24) is 10.6 Å². The molecule has 1 heterocycles. The first-order valence-corrected chi connectivity index (χ1v) is 7.44. The predicted octanol–water partition coefficient (Wildman–Crippen LogP) is 2.57. The molecule has 2 N–H and O–H groups in total. The van der Waals surface area contributed by atoms with Crippen molar-refractivity contribution < 1.29 is 9.53 Å². The lowest BCUT2D eigenvalue weighted by Gasteiger charge is -2.23. The summed E-state index contributed by atoms with van der Waals surface area (Å²) in [6, 6.07) is 7.86. The summed E-state index contributed by atoms with van der Waals surface area (Å²) < 4.78 is 5.62. The predicted molar refractivity (Wildman–Crippen MR) is 84.3 cm³/mol. The fraction of sp³-hybridized carbons (Fsp3) is 0.471. The van der Waals surface area contributed by atoms with E-state index in [0.717, 1.165) is 30.0 Å². The Kier molecular flexibility index (Phi) is 5.02. The molecule has 4 nitrogen and oxygen atoms in total. The van der Waals surface area contributed by atoms with Crippen LogP contribution in [0, 0.1) is 0 Å². The summed E-state index contributed by atoms with van der Waals surface area (Å²) in [5.41, 5.74) is 3.10. The average Bonchev–Trinajstić information content (AvgIpc) is 2.36. The van der Waals surface area contributed by atoms with E-state index >= 15 is 0 Å². The molecular formula is C17H24N2O2. The molecule has 1 aliphatic heterocycles. The van der Waals surface area contributed by atoms with Gasteiger partial charge in [0.1, 0.15) is 5.75 Å². The fourth-order valence-electron chi connectivity index (χ4n) is 2.17. The van der Waals surface area contributed by atoms with Gasteiger partial charge in [-0.2, -0.15) is 0 Å². The van der Waals surface area contributed by atoms with Crippen molar-refractivity contribution in [1.29, 1.82) is 0 Å². The Morgan fingerprint density at radius 3 is 2.29 bits per heavy atom. The van der Waals surface area contributed by atoms with E-state index in [-0.39, 0.29) is 18.1 Å². The van der Waals surface area contributed by atoms with Gasteiger partial charge in [-0.05, 0) is 51.0 Å². The highest BCUT2D eigenvalue weighted by atomic mass is 16.5. The van der Waals surface area contributed by atoms with E-state index in [1.54, 1.807) is 0 Å². The molecule has 1 aromatic carbocycles. The first-order chi connectivity index (χ1) is 9.97. The highest BCUT2D eigenvalue weighted by molar-refractivity contribution is 5.94. The van der Waals surface area contributed by atoms with Crippen LogP contribution in [-0.2, 0) is 4.79 Å². The van der Waals surface area contributed by atoms with E-state index in [2.05, 4.69) is 10.6 Å². The second-order valence-electron chi connectivity index (χ2n) is 5.76. The molecule has 1 unspecified atom stereocenters. The highest BCUT2D eigenvalue weighted by Gasteiger charge is 2.17. The molecule has 21 heavy (non-hydrogen) atoms. The molecule has 0 bridgehead atoms. The second-order valence-corrected chi connectivity index (χ2v) is 5.76. The van der Waals surface area contributed by atoms with Crippen LogP contribution in [0.1, 0.15) is 39.3 Å². The molecule has 0 spiro atoms. The van der Waals surface area contributed by atoms with E-state index < -0.39 is 0 Å². The van der Waals surface area contributed by atoms with E-state index in [1.165, 1.54) is 5.57 Å². The Morgan fingerprint density at radius 2 is 1.81 bits per heavy atom. The third-order valence-electron chi connectivity index (χ3n) is 3.65. The molecule has 0 aromatic heterocycles. The molecule has 1 aliphatic rings. The van der Waals surface area contributed by atoms with Gasteiger partial charge in [0.25, 0.3) is 0 Å². The van der Waals surface area contributed by atoms with Crippen LogP contribution in [0.2, 0.25) is 0 Å². The van der Waals surface area contributed by atoms with Crippen molar-refractivity contribution in [3.63, 3.8) is 0 Å². The van der Waals surface area contributed by atoms with Gasteiger partial charge >= 0.3 is 0 Å². The quantitative estimate of drug-likeness (QED) is 0.819. The van der Waals surface area contributed by atoms with Gasteiger partial charge in [-0.1, -0.05) is 12.1 Å². The second kappa shape index (κ2) is 6.76. The summed E-state index contributed by atoms with van der Waals surface area (Å²) in [5, 5.41) is 6.19. The number of benzene rings is 1. The van der Waals surface area contributed by atoms with Gasteiger partial charge in [0.15, 0.2) is 0 Å². The van der Waals surface area contributed by atoms with Crippen molar-refractivity contribution >= 4 is 5.91 Å². The number of carbonyl (C=O) groups excluding carboxylic acids is 1. The van der Waals surface area contributed by atoms with Gasteiger partial charge in [0, 0.05) is 18.7 Å². The minimum absolute atomic E-state index is 0.0153. The molecule has 1 aromatic rings. The molecule has 1 amide bonds. The van der Waals surface area contributed by atoms with Gasteiger partial charge in [0.2, 0.25) is 5.91 Å². The summed E-state index contributed by atoms with van der Waals surface area (Å²) in [5.74, 6) is 0.868. The van der Waals surface area contributed by atoms with Crippen LogP contribution in [0.5, 0.6) is 5.75 Å². The van der Waals surface area contributed by atoms with Crippen molar-refractivity contribution in [3.05, 3.63) is 41.0 Å². The Bertz CT molecular complexity index is 526.